The average Bonchev–Trinajstić information content (AvgIpc) is 3.46. The number of hydrogen-bond acceptors (Lipinski definition) is 15. The normalized spacial score (nSPS) is 14.7. The number of carbonyl (C=O) groups excluding carboxylic acids is 4. The Hall–Kier alpha value is -2.46. The largest absolute Gasteiger partial charge is 0.472 e. The standard InChI is InChI=1S/C64H120O17P2/c1-6-10-13-16-19-22-24-25-26-27-28-30-33-40-45-50-64(69)81-60(54-75-62(67)48-43-38-35-34-36-41-46-57(5)9-4)56-79-83(72,73)77-52-58(65)51-76-82(70,71)78-55-59(53-74-61(66)47-42-37-31-21-18-15-12-8-3)80-63(68)49-44-39-32-29-23-20-17-14-11-7-2/h22,24-26,57-60,65H,6-21,23,27-56H2,1-5H3,(H,70,71)(H,72,73)/b24-22-,26-25-/t57?,58-,59+,60+/m0/s1. The zero-order valence-electron chi connectivity index (χ0n) is 52.8. The first kappa shape index (κ1) is 80.5. The third-order valence-electron chi connectivity index (χ3n) is 14.5. The first-order valence-electron chi connectivity index (χ1n) is 33.0. The molecular weight excluding hydrogens is 1100 g/mol. The minimum atomic E-state index is -4.95. The van der Waals surface area contributed by atoms with E-state index in [1.165, 1.54) is 96.3 Å². The molecule has 0 fully saturated rings. The molecule has 3 unspecified atom stereocenters. The second-order valence-corrected chi connectivity index (χ2v) is 25.6. The average molecular weight is 1220 g/mol. The van der Waals surface area contributed by atoms with Crippen molar-refractivity contribution in [2.45, 2.75) is 316 Å². The Morgan fingerprint density at radius 2 is 0.675 bits per heavy atom. The van der Waals surface area contributed by atoms with Crippen LogP contribution < -0.4 is 0 Å². The molecule has 0 amide bonds. The predicted molar refractivity (Wildman–Crippen MR) is 331 cm³/mol. The summed E-state index contributed by atoms with van der Waals surface area (Å²) in [6.45, 7) is 7.05. The van der Waals surface area contributed by atoms with Gasteiger partial charge >= 0.3 is 39.5 Å². The molecular formula is C64H120O17P2. The molecule has 0 saturated carbocycles. The fourth-order valence-electron chi connectivity index (χ4n) is 9.01. The zero-order valence-corrected chi connectivity index (χ0v) is 54.6. The lowest BCUT2D eigenvalue weighted by Crippen LogP contribution is -2.30. The first-order valence-corrected chi connectivity index (χ1v) is 36.0. The van der Waals surface area contributed by atoms with E-state index in [-0.39, 0.29) is 25.7 Å². The molecule has 0 aromatic heterocycles. The Labute approximate surface area is 503 Å². The monoisotopic (exact) mass is 1220 g/mol. The van der Waals surface area contributed by atoms with Gasteiger partial charge in [0.05, 0.1) is 26.4 Å². The summed E-state index contributed by atoms with van der Waals surface area (Å²) in [7, 11) is -9.89. The molecule has 83 heavy (non-hydrogen) atoms. The molecule has 0 aliphatic rings. The molecule has 0 aliphatic carbocycles. The van der Waals surface area contributed by atoms with Gasteiger partial charge in [-0.3, -0.25) is 37.3 Å². The van der Waals surface area contributed by atoms with E-state index in [4.69, 9.17) is 37.0 Å². The van der Waals surface area contributed by atoms with E-state index in [0.717, 1.165) is 121 Å². The van der Waals surface area contributed by atoms with E-state index >= 15 is 0 Å². The Bertz CT molecular complexity index is 1710. The second kappa shape index (κ2) is 57.3. The molecule has 0 aromatic carbocycles. The SMILES string of the molecule is CCCCCC/C=C\C=C/CCCCCCCC(=O)O[C@H](COC(=O)CCCCCCCCC(C)CC)COP(=O)(O)OC[C@@H](O)COP(=O)(O)OC[C@@H](COC(=O)CCCCCCCCCC)OC(=O)CCCCCCCCCCCC. The number of phosphoric ester groups is 2. The summed E-state index contributed by atoms with van der Waals surface area (Å²) in [5.74, 6) is -1.44. The fraction of sp³-hybridized carbons (Fsp3) is 0.875. The minimum absolute atomic E-state index is 0.0841. The molecule has 0 rings (SSSR count). The summed E-state index contributed by atoms with van der Waals surface area (Å²) in [5, 5.41) is 10.5. The van der Waals surface area contributed by atoms with Gasteiger partial charge in [0.25, 0.3) is 0 Å². The van der Waals surface area contributed by atoms with Gasteiger partial charge in [-0.1, -0.05) is 245 Å². The van der Waals surface area contributed by atoms with Crippen molar-refractivity contribution < 1.29 is 80.2 Å². The molecule has 0 bridgehead atoms. The number of aliphatic hydroxyl groups is 1. The van der Waals surface area contributed by atoms with Crippen LogP contribution in [0.25, 0.3) is 0 Å². The molecule has 0 saturated heterocycles. The van der Waals surface area contributed by atoms with Crippen molar-refractivity contribution in [2.24, 2.45) is 5.92 Å². The van der Waals surface area contributed by atoms with Gasteiger partial charge in [-0.05, 0) is 57.3 Å². The van der Waals surface area contributed by atoms with Crippen LogP contribution in [0.4, 0.5) is 0 Å². The van der Waals surface area contributed by atoms with Crippen LogP contribution in [0.5, 0.6) is 0 Å². The van der Waals surface area contributed by atoms with Crippen LogP contribution in [0.1, 0.15) is 298 Å². The number of phosphoric acid groups is 2. The van der Waals surface area contributed by atoms with Crippen LogP contribution >= 0.6 is 15.6 Å². The van der Waals surface area contributed by atoms with Crippen LogP contribution in [-0.2, 0) is 65.4 Å². The summed E-state index contributed by atoms with van der Waals surface area (Å²) in [5.41, 5.74) is 0. The first-order chi connectivity index (χ1) is 40.1. The molecule has 0 aliphatic heterocycles. The lowest BCUT2D eigenvalue weighted by atomic mass is 10.00. The van der Waals surface area contributed by atoms with Gasteiger partial charge in [0.1, 0.15) is 19.3 Å². The van der Waals surface area contributed by atoms with Gasteiger partial charge in [-0.2, -0.15) is 0 Å². The number of ether oxygens (including phenoxy) is 4. The smallest absolute Gasteiger partial charge is 0.462 e. The van der Waals surface area contributed by atoms with Gasteiger partial charge in [-0.25, -0.2) is 9.13 Å². The van der Waals surface area contributed by atoms with Crippen LogP contribution in [0, 0.1) is 5.92 Å². The Morgan fingerprint density at radius 3 is 1.02 bits per heavy atom. The molecule has 0 aromatic rings. The van der Waals surface area contributed by atoms with Crippen molar-refractivity contribution in [3.63, 3.8) is 0 Å². The summed E-state index contributed by atoms with van der Waals surface area (Å²) in [4.78, 5) is 72.1. The van der Waals surface area contributed by atoms with E-state index < -0.39 is 97.5 Å². The summed E-state index contributed by atoms with van der Waals surface area (Å²) < 4.78 is 67.9. The molecule has 3 N–H and O–H groups in total. The number of hydrogen-bond donors (Lipinski definition) is 3. The summed E-state index contributed by atoms with van der Waals surface area (Å²) in [6, 6.07) is 0. The van der Waals surface area contributed by atoms with Crippen molar-refractivity contribution in [3.05, 3.63) is 24.3 Å². The third-order valence-corrected chi connectivity index (χ3v) is 16.4. The molecule has 17 nitrogen and oxygen atoms in total. The summed E-state index contributed by atoms with van der Waals surface area (Å²) >= 11 is 0. The highest BCUT2D eigenvalue weighted by atomic mass is 31.2. The lowest BCUT2D eigenvalue weighted by molar-refractivity contribution is -0.161. The lowest BCUT2D eigenvalue weighted by Gasteiger charge is -2.21. The highest BCUT2D eigenvalue weighted by Crippen LogP contribution is 2.45. The van der Waals surface area contributed by atoms with Gasteiger partial charge in [0, 0.05) is 25.7 Å². The van der Waals surface area contributed by atoms with Crippen LogP contribution in [0.2, 0.25) is 0 Å². The maximum atomic E-state index is 13.0. The van der Waals surface area contributed by atoms with Crippen LogP contribution in [0.15, 0.2) is 24.3 Å². The molecule has 6 atom stereocenters. The van der Waals surface area contributed by atoms with Crippen molar-refractivity contribution in [2.75, 3.05) is 39.6 Å². The maximum absolute atomic E-state index is 13.0. The highest BCUT2D eigenvalue weighted by Gasteiger charge is 2.30. The van der Waals surface area contributed by atoms with Gasteiger partial charge < -0.3 is 33.8 Å². The minimum Gasteiger partial charge on any atom is -0.462 e. The number of rotatable bonds is 62. The van der Waals surface area contributed by atoms with Crippen LogP contribution in [-0.4, -0.2) is 96.7 Å². The maximum Gasteiger partial charge on any atom is 0.472 e. The quantitative estimate of drug-likeness (QED) is 0.0169. The van der Waals surface area contributed by atoms with Gasteiger partial charge in [0.15, 0.2) is 12.2 Å². The molecule has 0 radical (unpaired) electrons. The molecule has 0 spiro atoms. The number of unbranched alkanes of at least 4 members (excludes halogenated alkanes) is 30. The Kier molecular flexibility index (Phi) is 55.6. The van der Waals surface area contributed by atoms with Gasteiger partial charge in [-0.15, -0.1) is 0 Å². The fourth-order valence-corrected chi connectivity index (χ4v) is 10.6. The predicted octanol–water partition coefficient (Wildman–Crippen LogP) is 17.3. The van der Waals surface area contributed by atoms with E-state index in [2.05, 4.69) is 58.9 Å². The highest BCUT2D eigenvalue weighted by molar-refractivity contribution is 7.47. The van der Waals surface area contributed by atoms with E-state index in [9.17, 15) is 43.2 Å². The van der Waals surface area contributed by atoms with Crippen molar-refractivity contribution in [1.82, 2.24) is 0 Å². The van der Waals surface area contributed by atoms with Gasteiger partial charge in [0.2, 0.25) is 0 Å². The number of allylic oxidation sites excluding steroid dienone is 4. The van der Waals surface area contributed by atoms with E-state index in [1.54, 1.807) is 0 Å². The third kappa shape index (κ3) is 57.1. The Morgan fingerprint density at radius 1 is 0.386 bits per heavy atom. The summed E-state index contributed by atoms with van der Waals surface area (Å²) in [6.07, 6.45) is 43.9. The molecule has 488 valence electrons. The van der Waals surface area contributed by atoms with E-state index in [1.807, 2.05) is 0 Å². The van der Waals surface area contributed by atoms with Crippen molar-refractivity contribution in [1.29, 1.82) is 0 Å². The molecule has 0 heterocycles. The Balaban J connectivity index is 5.26. The van der Waals surface area contributed by atoms with Crippen LogP contribution in [0.3, 0.4) is 0 Å². The number of carbonyl (C=O) groups is 4. The van der Waals surface area contributed by atoms with E-state index in [0.29, 0.717) is 25.7 Å². The zero-order chi connectivity index (χ0) is 61.3. The second-order valence-electron chi connectivity index (χ2n) is 22.7. The van der Waals surface area contributed by atoms with Crippen molar-refractivity contribution in [3.8, 4) is 0 Å². The van der Waals surface area contributed by atoms with Crippen molar-refractivity contribution >= 4 is 39.5 Å². The number of aliphatic hydroxyl groups excluding tert-OH is 1. The topological polar surface area (TPSA) is 237 Å². The molecule has 19 heteroatoms. The number of esters is 4.